The van der Waals surface area contributed by atoms with Gasteiger partial charge in [-0.15, -0.1) is 0 Å². The minimum absolute atomic E-state index is 0. The standard InChI is InChI=1S/C11H16NOS.K/c1-5-6-14-8-10-12-7-9(13-10)11(2,3)4;/h5,7H,8H2,1-4H3;/q-1;+1. The molecule has 0 bridgehead atoms. The van der Waals surface area contributed by atoms with Crippen LogP contribution in [0.3, 0.4) is 0 Å². The van der Waals surface area contributed by atoms with Crippen LogP contribution in [-0.4, -0.2) is 4.98 Å². The quantitative estimate of drug-likeness (QED) is 0.578. The Kier molecular flexibility index (Phi) is 7.75. The van der Waals surface area contributed by atoms with E-state index in [2.05, 4.69) is 31.2 Å². The summed E-state index contributed by atoms with van der Waals surface area (Å²) in [6, 6.07) is 0. The third-order valence-electron chi connectivity index (χ3n) is 1.69. The van der Waals surface area contributed by atoms with Crippen molar-refractivity contribution in [2.75, 3.05) is 0 Å². The third-order valence-corrected chi connectivity index (χ3v) is 2.48. The predicted octanol–water partition coefficient (Wildman–Crippen LogP) is 0.546. The molecule has 15 heavy (non-hydrogen) atoms. The largest absolute Gasteiger partial charge is 1.00 e. The van der Waals surface area contributed by atoms with Gasteiger partial charge >= 0.3 is 51.4 Å². The van der Waals surface area contributed by atoms with Crippen molar-refractivity contribution in [1.82, 2.24) is 4.98 Å². The zero-order chi connectivity index (χ0) is 10.6. The molecular weight excluding hydrogens is 233 g/mol. The Hall–Kier alpha value is 0.936. The Morgan fingerprint density at radius 3 is 2.67 bits per heavy atom. The molecule has 4 heteroatoms. The first-order valence-corrected chi connectivity index (χ1v) is 5.63. The fraction of sp³-hybridized carbons (Fsp3) is 0.545. The van der Waals surface area contributed by atoms with E-state index in [0.29, 0.717) is 0 Å². The summed E-state index contributed by atoms with van der Waals surface area (Å²) in [7, 11) is 0. The number of oxazole rings is 1. The van der Waals surface area contributed by atoms with Crippen molar-refractivity contribution in [3.63, 3.8) is 0 Å². The zero-order valence-corrected chi connectivity index (χ0v) is 14.1. The van der Waals surface area contributed by atoms with E-state index >= 15 is 0 Å². The van der Waals surface area contributed by atoms with E-state index in [0.717, 1.165) is 17.4 Å². The molecule has 0 N–H and O–H groups in total. The molecule has 78 valence electrons. The molecular formula is C11H16KNOS. The molecule has 0 unspecified atom stereocenters. The van der Waals surface area contributed by atoms with Crippen LogP contribution in [0.15, 0.2) is 16.7 Å². The van der Waals surface area contributed by atoms with Gasteiger partial charge in [0.15, 0.2) is 0 Å². The number of aromatic nitrogens is 1. The number of thioether (sulfide) groups is 1. The summed E-state index contributed by atoms with van der Waals surface area (Å²) < 4.78 is 5.61. The van der Waals surface area contributed by atoms with Crippen LogP contribution in [0, 0.1) is 5.41 Å². The maximum absolute atomic E-state index is 5.61. The van der Waals surface area contributed by atoms with Gasteiger partial charge in [-0.1, -0.05) is 27.7 Å². The molecule has 2 nitrogen and oxygen atoms in total. The summed E-state index contributed by atoms with van der Waals surface area (Å²) in [5.41, 5.74) is 0.0419. The molecule has 0 atom stereocenters. The summed E-state index contributed by atoms with van der Waals surface area (Å²) in [5, 5.41) is 3.04. The maximum Gasteiger partial charge on any atom is 1.00 e. The van der Waals surface area contributed by atoms with Crippen LogP contribution in [-0.2, 0) is 11.2 Å². The number of allylic oxidation sites excluding steroid dienone is 1. The van der Waals surface area contributed by atoms with Crippen LogP contribution in [0.1, 0.15) is 39.3 Å². The second-order valence-corrected chi connectivity index (χ2v) is 4.88. The smallest absolute Gasteiger partial charge is 0.444 e. The molecule has 0 spiro atoms. The normalized spacial score (nSPS) is 11.7. The van der Waals surface area contributed by atoms with Crippen LogP contribution < -0.4 is 51.4 Å². The van der Waals surface area contributed by atoms with Crippen LogP contribution in [0.5, 0.6) is 0 Å². The van der Waals surface area contributed by atoms with Crippen LogP contribution in [0.4, 0.5) is 0 Å². The average Bonchev–Trinajstić information content (AvgIpc) is 2.52. The first-order valence-electron chi connectivity index (χ1n) is 4.64. The minimum Gasteiger partial charge on any atom is -0.444 e. The number of hydrogen-bond donors (Lipinski definition) is 0. The number of rotatable bonds is 3. The number of hydrogen-bond acceptors (Lipinski definition) is 3. The maximum atomic E-state index is 5.61. The Labute approximate surface area is 139 Å². The van der Waals surface area contributed by atoms with E-state index in [-0.39, 0.29) is 56.8 Å². The Balaban J connectivity index is 0.00000196. The van der Waals surface area contributed by atoms with Crippen LogP contribution in [0.25, 0.3) is 0 Å². The van der Waals surface area contributed by atoms with E-state index in [1.54, 1.807) is 11.8 Å². The summed E-state index contributed by atoms with van der Waals surface area (Å²) in [6.07, 6.45) is 3.70. The Morgan fingerprint density at radius 1 is 1.53 bits per heavy atom. The van der Waals surface area contributed by atoms with Crippen LogP contribution in [0.2, 0.25) is 0 Å². The summed E-state index contributed by atoms with van der Waals surface area (Å²) in [4.78, 5) is 4.21. The van der Waals surface area contributed by atoms with Gasteiger partial charge in [0.05, 0.1) is 6.20 Å². The van der Waals surface area contributed by atoms with Crippen molar-refractivity contribution in [3.8, 4) is 0 Å². The molecule has 0 radical (unpaired) electrons. The zero-order valence-electron chi connectivity index (χ0n) is 10.1. The average molecular weight is 249 g/mol. The van der Waals surface area contributed by atoms with Crippen molar-refractivity contribution in [2.45, 2.75) is 38.9 Å². The molecule has 0 saturated carbocycles. The minimum atomic E-state index is 0. The molecule has 1 heterocycles. The molecule has 0 amide bonds. The van der Waals surface area contributed by atoms with Crippen LogP contribution >= 0.6 is 11.8 Å². The van der Waals surface area contributed by atoms with Gasteiger partial charge < -0.3 is 21.6 Å². The van der Waals surface area contributed by atoms with Crippen molar-refractivity contribution >= 4 is 11.8 Å². The van der Waals surface area contributed by atoms with Gasteiger partial charge in [0.1, 0.15) is 5.76 Å². The molecule has 0 fully saturated rings. The topological polar surface area (TPSA) is 26.0 Å². The van der Waals surface area contributed by atoms with E-state index in [9.17, 15) is 0 Å². The first kappa shape index (κ1) is 15.9. The fourth-order valence-electron chi connectivity index (χ4n) is 0.910. The monoisotopic (exact) mass is 249 g/mol. The summed E-state index contributed by atoms with van der Waals surface area (Å²) >= 11 is 1.57. The molecule has 1 rings (SSSR count). The molecule has 0 aliphatic carbocycles. The van der Waals surface area contributed by atoms with E-state index < -0.39 is 0 Å². The van der Waals surface area contributed by atoms with Crippen molar-refractivity contribution in [1.29, 1.82) is 0 Å². The fourth-order valence-corrected chi connectivity index (χ4v) is 1.42. The van der Waals surface area contributed by atoms with Crippen molar-refractivity contribution in [2.24, 2.45) is 0 Å². The van der Waals surface area contributed by atoms with E-state index in [1.165, 1.54) is 0 Å². The van der Waals surface area contributed by atoms with Gasteiger partial charge in [0, 0.05) is 11.2 Å². The SMILES string of the molecule is CC=[C-]SCc1ncc(C(C)(C)C)o1.[K+]. The van der Waals surface area contributed by atoms with E-state index in [4.69, 9.17) is 4.42 Å². The summed E-state index contributed by atoms with van der Waals surface area (Å²) in [6.45, 7) is 8.29. The van der Waals surface area contributed by atoms with Crippen molar-refractivity contribution < 1.29 is 55.8 Å². The third kappa shape index (κ3) is 5.70. The van der Waals surface area contributed by atoms with Gasteiger partial charge in [0.25, 0.3) is 0 Å². The molecule has 0 aliphatic rings. The molecule has 0 aromatic carbocycles. The van der Waals surface area contributed by atoms with Gasteiger partial charge in [-0.3, -0.25) is 6.08 Å². The molecule has 1 aromatic rings. The molecule has 0 aliphatic heterocycles. The summed E-state index contributed by atoms with van der Waals surface area (Å²) in [5.74, 6) is 2.46. The predicted molar refractivity (Wildman–Crippen MR) is 60.0 cm³/mol. The van der Waals surface area contributed by atoms with Gasteiger partial charge in [-0.05, 0) is 0 Å². The second-order valence-electron chi connectivity index (χ2n) is 4.06. The van der Waals surface area contributed by atoms with Gasteiger partial charge in [-0.25, -0.2) is 4.98 Å². The van der Waals surface area contributed by atoms with E-state index in [1.807, 2.05) is 19.2 Å². The first-order chi connectivity index (χ1) is 6.54. The van der Waals surface area contributed by atoms with Gasteiger partial charge in [-0.2, -0.15) is 0 Å². The molecule has 0 saturated heterocycles. The molecule has 1 aromatic heterocycles. The Bertz CT molecular complexity index is 315. The van der Waals surface area contributed by atoms with Crippen molar-refractivity contribution in [3.05, 3.63) is 29.3 Å². The Morgan fingerprint density at radius 2 is 2.20 bits per heavy atom. The van der Waals surface area contributed by atoms with Gasteiger partial charge in [0.2, 0.25) is 5.89 Å². The second kappa shape index (κ2) is 7.30. The number of nitrogens with zero attached hydrogens (tertiary/aromatic N) is 1.